The van der Waals surface area contributed by atoms with Gasteiger partial charge in [0.2, 0.25) is 5.91 Å². The molecular weight excluding hydrogens is 272 g/mol. The van der Waals surface area contributed by atoms with Crippen molar-refractivity contribution in [1.29, 1.82) is 0 Å². The molecule has 0 aliphatic rings. The number of aliphatic carboxylic acids is 1. The highest BCUT2D eigenvalue weighted by atomic mass is 32.2. The van der Waals surface area contributed by atoms with Crippen molar-refractivity contribution < 1.29 is 24.2 Å². The Hall–Kier alpha value is -1.44. The van der Waals surface area contributed by atoms with Gasteiger partial charge in [-0.3, -0.25) is 4.79 Å². The third-order valence-corrected chi connectivity index (χ3v) is 2.61. The Morgan fingerprint density at radius 3 is 2.32 bits per heavy atom. The van der Waals surface area contributed by atoms with Crippen LogP contribution in [0.2, 0.25) is 0 Å². The van der Waals surface area contributed by atoms with Gasteiger partial charge < -0.3 is 20.5 Å². The number of alkyl carbamates (subject to hydrolysis) is 1. The highest BCUT2D eigenvalue weighted by Crippen LogP contribution is 2.08. The van der Waals surface area contributed by atoms with Gasteiger partial charge in [0.1, 0.15) is 11.6 Å². The van der Waals surface area contributed by atoms with E-state index in [9.17, 15) is 14.4 Å². The average molecular weight is 292 g/mol. The molecule has 0 aromatic carbocycles. The van der Waals surface area contributed by atoms with Crippen molar-refractivity contribution in [3.63, 3.8) is 0 Å². The number of carbonyl (C=O) groups is 3. The van der Waals surface area contributed by atoms with Gasteiger partial charge in [-0.05, 0) is 20.8 Å². The molecule has 8 heteroatoms. The van der Waals surface area contributed by atoms with Crippen molar-refractivity contribution in [3.05, 3.63) is 0 Å². The largest absolute Gasteiger partial charge is 0.480 e. The van der Waals surface area contributed by atoms with Crippen LogP contribution < -0.4 is 10.6 Å². The summed E-state index contributed by atoms with van der Waals surface area (Å²) in [5.74, 6) is -0.926. The van der Waals surface area contributed by atoms with E-state index >= 15 is 0 Å². The Morgan fingerprint density at radius 2 is 1.89 bits per heavy atom. The Bertz CT molecular complexity index is 340. The number of nitrogens with one attached hydrogen (secondary N) is 2. The number of ether oxygens (including phenoxy) is 1. The van der Waals surface area contributed by atoms with Crippen LogP contribution in [0, 0.1) is 0 Å². The van der Waals surface area contributed by atoms with Gasteiger partial charge in [0.05, 0.1) is 5.88 Å². The van der Waals surface area contributed by atoms with E-state index in [0.29, 0.717) is 0 Å². The number of rotatable bonds is 6. The second-order valence-corrected chi connectivity index (χ2v) is 5.82. The molecule has 0 unspecified atom stereocenters. The van der Waals surface area contributed by atoms with Gasteiger partial charge in [0.15, 0.2) is 0 Å². The molecule has 0 aromatic heterocycles. The highest BCUT2D eigenvalue weighted by molar-refractivity contribution is 7.99. The summed E-state index contributed by atoms with van der Waals surface area (Å²) in [5.41, 5.74) is -0.684. The van der Waals surface area contributed by atoms with Crippen molar-refractivity contribution in [2.45, 2.75) is 39.3 Å². The molecule has 0 radical (unpaired) electrons. The van der Waals surface area contributed by atoms with Gasteiger partial charge in [-0.15, -0.1) is 11.8 Å². The summed E-state index contributed by atoms with van der Waals surface area (Å²) in [4.78, 5) is 33.0. The molecule has 19 heavy (non-hydrogen) atoms. The van der Waals surface area contributed by atoms with Crippen LogP contribution in [0.15, 0.2) is 0 Å². The van der Waals surface area contributed by atoms with E-state index in [0.717, 1.165) is 0 Å². The van der Waals surface area contributed by atoms with Crippen LogP contribution >= 0.6 is 11.8 Å². The smallest absolute Gasteiger partial charge is 0.408 e. The maximum absolute atomic E-state index is 11.4. The number of thioether (sulfide) groups is 1. The number of hydrogen-bond donors (Lipinski definition) is 3. The van der Waals surface area contributed by atoms with E-state index < -0.39 is 23.7 Å². The fraction of sp³-hybridized carbons (Fsp3) is 0.727. The summed E-state index contributed by atoms with van der Waals surface area (Å²) < 4.78 is 4.97. The number of carboxylic acids is 1. The van der Waals surface area contributed by atoms with Gasteiger partial charge >= 0.3 is 12.1 Å². The zero-order valence-corrected chi connectivity index (χ0v) is 12.3. The van der Waals surface area contributed by atoms with Crippen molar-refractivity contribution in [2.75, 3.05) is 11.6 Å². The molecule has 0 aliphatic heterocycles. The summed E-state index contributed by atoms with van der Waals surface area (Å²) in [5, 5.41) is 13.7. The first-order valence-electron chi connectivity index (χ1n) is 5.66. The molecule has 0 fully saturated rings. The number of carbonyl (C=O) groups excluding carboxylic acids is 2. The molecular formula is C11H20N2O5S. The molecule has 0 heterocycles. The van der Waals surface area contributed by atoms with E-state index in [1.807, 2.05) is 0 Å². The average Bonchev–Trinajstić information content (AvgIpc) is 2.19. The van der Waals surface area contributed by atoms with Crippen LogP contribution in [0.4, 0.5) is 4.79 Å². The fourth-order valence-electron chi connectivity index (χ4n) is 0.954. The number of amides is 2. The minimum atomic E-state index is -1.15. The third-order valence-electron chi connectivity index (χ3n) is 1.70. The number of hydrogen-bond acceptors (Lipinski definition) is 5. The lowest BCUT2D eigenvalue weighted by molar-refractivity contribution is -0.138. The SMILES string of the molecule is CC(=O)NCSC[C@@H](NC(=O)OC(C)(C)C)C(=O)O. The predicted molar refractivity (Wildman–Crippen MR) is 71.9 cm³/mol. The minimum Gasteiger partial charge on any atom is -0.480 e. The highest BCUT2D eigenvalue weighted by Gasteiger charge is 2.23. The topological polar surface area (TPSA) is 105 Å². The summed E-state index contributed by atoms with van der Waals surface area (Å²) in [7, 11) is 0. The molecule has 0 saturated carbocycles. The molecule has 1 atom stereocenters. The standard InChI is InChI=1S/C11H20N2O5S/c1-7(14)12-6-19-5-8(9(15)16)13-10(17)18-11(2,3)4/h8H,5-6H2,1-4H3,(H,12,14)(H,13,17)(H,15,16)/t8-/m1/s1. The molecule has 0 bridgehead atoms. The van der Waals surface area contributed by atoms with E-state index in [1.54, 1.807) is 20.8 Å². The van der Waals surface area contributed by atoms with E-state index in [2.05, 4.69) is 10.6 Å². The lowest BCUT2D eigenvalue weighted by Crippen LogP contribution is -2.45. The van der Waals surface area contributed by atoms with Crippen molar-refractivity contribution in [2.24, 2.45) is 0 Å². The first-order valence-corrected chi connectivity index (χ1v) is 6.82. The maximum Gasteiger partial charge on any atom is 0.408 e. The normalized spacial score (nSPS) is 12.4. The van der Waals surface area contributed by atoms with Crippen molar-refractivity contribution >= 4 is 29.7 Å². The number of carboxylic acid groups (broad SMARTS) is 1. The minimum absolute atomic E-state index is 0.134. The van der Waals surface area contributed by atoms with Gasteiger partial charge in [-0.1, -0.05) is 0 Å². The maximum atomic E-state index is 11.4. The van der Waals surface area contributed by atoms with Gasteiger partial charge in [-0.2, -0.15) is 0 Å². The third kappa shape index (κ3) is 10.2. The second kappa shape index (κ2) is 7.88. The Kier molecular flexibility index (Phi) is 7.28. The Morgan fingerprint density at radius 1 is 1.32 bits per heavy atom. The van der Waals surface area contributed by atoms with Crippen molar-refractivity contribution in [3.8, 4) is 0 Å². The van der Waals surface area contributed by atoms with Crippen LogP contribution in [0.25, 0.3) is 0 Å². The zero-order chi connectivity index (χ0) is 15.1. The summed E-state index contributed by atoms with van der Waals surface area (Å²) in [6.45, 7) is 6.43. The van der Waals surface area contributed by atoms with Crippen LogP contribution in [0.3, 0.4) is 0 Å². The molecule has 0 rings (SSSR count). The molecule has 0 aromatic rings. The predicted octanol–water partition coefficient (Wildman–Crippen LogP) is 0.791. The lowest BCUT2D eigenvalue weighted by Gasteiger charge is -2.21. The molecule has 2 amide bonds. The molecule has 0 spiro atoms. The van der Waals surface area contributed by atoms with E-state index in [-0.39, 0.29) is 17.5 Å². The van der Waals surface area contributed by atoms with Crippen LogP contribution in [0.5, 0.6) is 0 Å². The fourth-order valence-corrected chi connectivity index (χ4v) is 1.84. The lowest BCUT2D eigenvalue weighted by atomic mass is 10.2. The summed E-state index contributed by atoms with van der Waals surface area (Å²) >= 11 is 1.19. The Balaban J connectivity index is 4.16. The van der Waals surface area contributed by atoms with Gasteiger partial charge in [0.25, 0.3) is 0 Å². The van der Waals surface area contributed by atoms with Gasteiger partial charge in [-0.25, -0.2) is 9.59 Å². The van der Waals surface area contributed by atoms with Crippen LogP contribution in [-0.2, 0) is 14.3 Å². The first kappa shape index (κ1) is 17.6. The molecule has 0 saturated heterocycles. The molecule has 7 nitrogen and oxygen atoms in total. The molecule has 110 valence electrons. The summed E-state index contributed by atoms with van der Waals surface area (Å²) in [6.07, 6.45) is -0.778. The second-order valence-electron chi connectivity index (χ2n) is 4.79. The summed E-state index contributed by atoms with van der Waals surface area (Å²) in [6, 6.07) is -1.06. The quantitative estimate of drug-likeness (QED) is 0.494. The van der Waals surface area contributed by atoms with Crippen molar-refractivity contribution in [1.82, 2.24) is 10.6 Å². The molecule has 0 aliphatic carbocycles. The zero-order valence-electron chi connectivity index (χ0n) is 11.5. The molecule has 3 N–H and O–H groups in total. The van der Waals surface area contributed by atoms with E-state index in [4.69, 9.17) is 9.84 Å². The Labute approximate surface area is 116 Å². The van der Waals surface area contributed by atoms with Crippen LogP contribution in [0.1, 0.15) is 27.7 Å². The van der Waals surface area contributed by atoms with Crippen LogP contribution in [-0.4, -0.2) is 46.3 Å². The monoisotopic (exact) mass is 292 g/mol. The van der Waals surface area contributed by atoms with E-state index in [1.165, 1.54) is 18.7 Å². The van der Waals surface area contributed by atoms with Gasteiger partial charge in [0, 0.05) is 12.7 Å². The first-order chi connectivity index (χ1) is 8.61.